The molecule has 3 nitrogen and oxygen atoms in total. The predicted molar refractivity (Wildman–Crippen MR) is 97.1 cm³/mol. The Morgan fingerprint density at radius 3 is 2.54 bits per heavy atom. The van der Waals surface area contributed by atoms with Crippen LogP contribution in [0.4, 0.5) is 0 Å². The minimum atomic E-state index is -0.643. The molecule has 1 N–H and O–H groups in total. The first-order chi connectivity index (χ1) is 11.6. The quantitative estimate of drug-likeness (QED) is 0.787. The van der Waals surface area contributed by atoms with E-state index in [0.29, 0.717) is 12.8 Å². The second-order valence-electron chi connectivity index (χ2n) is 6.39. The Balaban J connectivity index is 2.06. The van der Waals surface area contributed by atoms with Crippen LogP contribution in [0.3, 0.4) is 0 Å². The van der Waals surface area contributed by atoms with Crippen LogP contribution in [0.5, 0.6) is 0 Å². The lowest BCUT2D eigenvalue weighted by molar-refractivity contribution is 0.607. The van der Waals surface area contributed by atoms with E-state index in [1.165, 1.54) is 0 Å². The van der Waals surface area contributed by atoms with Crippen molar-refractivity contribution in [1.82, 2.24) is 4.98 Å². The average molecular weight is 316 g/mol. The molecule has 1 heterocycles. The number of nitrogens with one attached hydrogen (secondary N) is 1. The molecule has 0 saturated carbocycles. The Kier molecular flexibility index (Phi) is 4.22. The van der Waals surface area contributed by atoms with Crippen LogP contribution in [0, 0.1) is 11.3 Å². The van der Waals surface area contributed by atoms with E-state index in [9.17, 15) is 10.1 Å². The zero-order valence-corrected chi connectivity index (χ0v) is 14.0. The van der Waals surface area contributed by atoms with Crippen LogP contribution in [-0.2, 0) is 18.3 Å². The van der Waals surface area contributed by atoms with Crippen molar-refractivity contribution < 1.29 is 0 Å². The van der Waals surface area contributed by atoms with E-state index in [1.54, 1.807) is 0 Å². The van der Waals surface area contributed by atoms with Gasteiger partial charge in [0, 0.05) is 11.1 Å². The number of nitriles is 1. The number of pyridine rings is 1. The Hall–Kier alpha value is -2.86. The third-order valence-corrected chi connectivity index (χ3v) is 4.59. The lowest BCUT2D eigenvalue weighted by Gasteiger charge is -2.22. The molecule has 2 aromatic carbocycles. The minimum Gasteiger partial charge on any atom is -0.322 e. The fourth-order valence-electron chi connectivity index (χ4n) is 3.06. The Morgan fingerprint density at radius 2 is 1.88 bits per heavy atom. The highest BCUT2D eigenvalue weighted by molar-refractivity contribution is 5.80. The van der Waals surface area contributed by atoms with Crippen LogP contribution in [0.25, 0.3) is 10.9 Å². The molecule has 0 radical (unpaired) electrons. The van der Waals surface area contributed by atoms with Gasteiger partial charge >= 0.3 is 0 Å². The Bertz CT molecular complexity index is 967. The summed E-state index contributed by atoms with van der Waals surface area (Å²) in [5.41, 5.74) is 2.91. The van der Waals surface area contributed by atoms with Crippen LogP contribution in [0.2, 0.25) is 0 Å². The van der Waals surface area contributed by atoms with E-state index >= 15 is 0 Å². The van der Waals surface area contributed by atoms with Crippen molar-refractivity contribution >= 4 is 10.9 Å². The SMILES string of the molecule is CCc1cc2ccc(C(C)(C#N)Cc3ccccc3)cc2[nH]c1=O. The highest BCUT2D eigenvalue weighted by Gasteiger charge is 2.27. The molecule has 0 aliphatic carbocycles. The number of hydrogen-bond donors (Lipinski definition) is 1. The maximum Gasteiger partial charge on any atom is 0.251 e. The van der Waals surface area contributed by atoms with Gasteiger partial charge in [0.05, 0.1) is 11.5 Å². The molecular formula is C21H20N2O. The van der Waals surface area contributed by atoms with Gasteiger partial charge in [0.2, 0.25) is 0 Å². The zero-order valence-electron chi connectivity index (χ0n) is 14.0. The second-order valence-corrected chi connectivity index (χ2v) is 6.39. The number of nitrogens with zero attached hydrogens (tertiary/aromatic N) is 1. The zero-order chi connectivity index (χ0) is 17.2. The second kappa shape index (κ2) is 6.33. The molecule has 24 heavy (non-hydrogen) atoms. The molecule has 0 saturated heterocycles. The smallest absolute Gasteiger partial charge is 0.251 e. The third kappa shape index (κ3) is 2.96. The van der Waals surface area contributed by atoms with Crippen molar-refractivity contribution in [3.05, 3.63) is 81.6 Å². The molecular weight excluding hydrogens is 296 g/mol. The summed E-state index contributed by atoms with van der Waals surface area (Å²) >= 11 is 0. The van der Waals surface area contributed by atoms with Gasteiger partial charge in [-0.05, 0) is 48.4 Å². The number of H-pyrrole nitrogens is 1. The molecule has 3 rings (SSSR count). The Labute approximate surface area is 141 Å². The summed E-state index contributed by atoms with van der Waals surface area (Å²) in [5.74, 6) is 0. The number of hydrogen-bond acceptors (Lipinski definition) is 2. The summed E-state index contributed by atoms with van der Waals surface area (Å²) in [4.78, 5) is 15.0. The van der Waals surface area contributed by atoms with Crippen molar-refractivity contribution in [3.8, 4) is 6.07 Å². The number of aromatic nitrogens is 1. The number of benzene rings is 2. The molecule has 0 fully saturated rings. The molecule has 0 aliphatic heterocycles. The molecule has 0 aliphatic rings. The van der Waals surface area contributed by atoms with E-state index in [4.69, 9.17) is 0 Å². The lowest BCUT2D eigenvalue weighted by Crippen LogP contribution is -2.23. The molecule has 1 atom stereocenters. The normalized spacial score (nSPS) is 13.4. The van der Waals surface area contributed by atoms with Crippen LogP contribution in [0.15, 0.2) is 59.4 Å². The largest absolute Gasteiger partial charge is 0.322 e. The summed E-state index contributed by atoms with van der Waals surface area (Å²) in [6.07, 6.45) is 1.34. The fourth-order valence-corrected chi connectivity index (χ4v) is 3.06. The van der Waals surface area contributed by atoms with Gasteiger partial charge in [-0.25, -0.2) is 0 Å². The molecule has 1 aromatic heterocycles. The van der Waals surface area contributed by atoms with Gasteiger partial charge in [0.25, 0.3) is 5.56 Å². The van der Waals surface area contributed by atoms with Crippen LogP contribution in [0.1, 0.15) is 30.5 Å². The van der Waals surface area contributed by atoms with Crippen molar-refractivity contribution in [2.75, 3.05) is 0 Å². The van der Waals surface area contributed by atoms with Crippen LogP contribution in [-0.4, -0.2) is 4.98 Å². The van der Waals surface area contributed by atoms with Crippen molar-refractivity contribution in [1.29, 1.82) is 5.26 Å². The summed E-state index contributed by atoms with van der Waals surface area (Å²) < 4.78 is 0. The van der Waals surface area contributed by atoms with Gasteiger partial charge in [-0.15, -0.1) is 0 Å². The van der Waals surface area contributed by atoms with E-state index < -0.39 is 5.41 Å². The van der Waals surface area contributed by atoms with Crippen molar-refractivity contribution in [3.63, 3.8) is 0 Å². The molecule has 120 valence electrons. The molecule has 0 bridgehead atoms. The Morgan fingerprint density at radius 1 is 1.12 bits per heavy atom. The van der Waals surface area contributed by atoms with Gasteiger partial charge in [-0.3, -0.25) is 4.79 Å². The first kappa shape index (κ1) is 16.0. The minimum absolute atomic E-state index is 0.0520. The summed E-state index contributed by atoms with van der Waals surface area (Å²) in [5, 5.41) is 10.8. The molecule has 0 spiro atoms. The molecule has 0 amide bonds. The van der Waals surface area contributed by atoms with E-state index in [-0.39, 0.29) is 5.56 Å². The monoisotopic (exact) mass is 316 g/mol. The predicted octanol–water partition coefficient (Wildman–Crippen LogP) is 4.11. The maximum absolute atomic E-state index is 12.1. The number of aromatic amines is 1. The third-order valence-electron chi connectivity index (χ3n) is 4.59. The van der Waals surface area contributed by atoms with Crippen molar-refractivity contribution in [2.24, 2.45) is 0 Å². The van der Waals surface area contributed by atoms with Crippen molar-refractivity contribution in [2.45, 2.75) is 32.1 Å². The van der Waals surface area contributed by atoms with Gasteiger partial charge in [0.1, 0.15) is 0 Å². The van der Waals surface area contributed by atoms with Crippen LogP contribution < -0.4 is 5.56 Å². The van der Waals surface area contributed by atoms with E-state index in [1.807, 2.05) is 68.4 Å². The summed E-state index contributed by atoms with van der Waals surface area (Å²) in [6.45, 7) is 3.91. The number of aryl methyl sites for hydroxylation is 1. The topological polar surface area (TPSA) is 56.6 Å². The average Bonchev–Trinajstić information content (AvgIpc) is 2.61. The molecule has 1 unspecified atom stereocenters. The number of fused-ring (bicyclic) bond motifs is 1. The van der Waals surface area contributed by atoms with E-state index in [2.05, 4.69) is 11.1 Å². The highest BCUT2D eigenvalue weighted by atomic mass is 16.1. The van der Waals surface area contributed by atoms with Crippen LogP contribution >= 0.6 is 0 Å². The summed E-state index contributed by atoms with van der Waals surface area (Å²) in [6, 6.07) is 20.3. The van der Waals surface area contributed by atoms with Gasteiger partial charge < -0.3 is 4.98 Å². The lowest BCUT2D eigenvalue weighted by atomic mass is 9.78. The summed E-state index contributed by atoms with van der Waals surface area (Å²) in [7, 11) is 0. The van der Waals surface area contributed by atoms with Gasteiger partial charge in [-0.1, -0.05) is 49.4 Å². The maximum atomic E-state index is 12.1. The first-order valence-electron chi connectivity index (χ1n) is 8.17. The standard InChI is InChI=1S/C21H20N2O/c1-3-16-11-17-9-10-18(12-19(17)23-20(16)24)21(2,14-22)13-15-7-5-4-6-8-15/h4-12H,3,13H2,1-2H3,(H,23,24). The van der Waals surface area contributed by atoms with E-state index in [0.717, 1.165) is 27.6 Å². The number of rotatable bonds is 4. The van der Waals surface area contributed by atoms with Gasteiger partial charge in [0.15, 0.2) is 0 Å². The highest BCUT2D eigenvalue weighted by Crippen LogP contribution is 2.29. The molecule has 3 heteroatoms. The first-order valence-corrected chi connectivity index (χ1v) is 8.17. The fraction of sp³-hybridized carbons (Fsp3) is 0.238. The molecule has 3 aromatic rings. The van der Waals surface area contributed by atoms with Gasteiger partial charge in [-0.2, -0.15) is 5.26 Å².